The number of rotatable bonds is 4. The van der Waals surface area contributed by atoms with Crippen molar-refractivity contribution in [2.45, 2.75) is 25.7 Å². The molecule has 0 aliphatic carbocycles. The van der Waals surface area contributed by atoms with Crippen LogP contribution in [0.4, 0.5) is 0 Å². The first kappa shape index (κ1) is 13.5. The molecule has 0 spiro atoms. The number of aryl methyl sites for hydroxylation is 2. The SMILES string of the molecule is Cc1ccc(S(=O)(=O)CC(C)CCl)c(C)c1. The average Bonchev–Trinajstić information content (AvgIpc) is 2.16. The third kappa shape index (κ3) is 3.22. The van der Waals surface area contributed by atoms with Crippen LogP contribution >= 0.6 is 11.6 Å². The van der Waals surface area contributed by atoms with Gasteiger partial charge in [-0.1, -0.05) is 24.6 Å². The molecule has 0 amide bonds. The lowest BCUT2D eigenvalue weighted by atomic mass is 10.2. The predicted octanol–water partition coefficient (Wildman–Crippen LogP) is 2.95. The van der Waals surface area contributed by atoms with Crippen molar-refractivity contribution in [2.75, 3.05) is 11.6 Å². The van der Waals surface area contributed by atoms with E-state index in [-0.39, 0.29) is 11.7 Å². The molecule has 2 nitrogen and oxygen atoms in total. The summed E-state index contributed by atoms with van der Waals surface area (Å²) in [6.45, 7) is 5.62. The van der Waals surface area contributed by atoms with Gasteiger partial charge in [0.15, 0.2) is 9.84 Å². The fraction of sp³-hybridized carbons (Fsp3) is 0.500. The van der Waals surface area contributed by atoms with E-state index in [9.17, 15) is 8.42 Å². The van der Waals surface area contributed by atoms with Crippen LogP contribution in [0.15, 0.2) is 23.1 Å². The minimum absolute atomic E-state index is 0.0210. The molecule has 1 unspecified atom stereocenters. The molecule has 0 aromatic heterocycles. The molecule has 0 saturated carbocycles. The summed E-state index contributed by atoms with van der Waals surface area (Å²) in [6.07, 6.45) is 0. The van der Waals surface area contributed by atoms with E-state index in [1.165, 1.54) is 0 Å². The van der Waals surface area contributed by atoms with E-state index in [1.54, 1.807) is 6.07 Å². The van der Waals surface area contributed by atoms with Crippen LogP contribution < -0.4 is 0 Å². The Hall–Kier alpha value is -0.540. The molecular formula is C12H17ClO2S. The van der Waals surface area contributed by atoms with Gasteiger partial charge in [0.25, 0.3) is 0 Å². The van der Waals surface area contributed by atoms with Gasteiger partial charge >= 0.3 is 0 Å². The van der Waals surface area contributed by atoms with Gasteiger partial charge in [-0.15, -0.1) is 11.6 Å². The van der Waals surface area contributed by atoms with Gasteiger partial charge in [0.05, 0.1) is 10.6 Å². The average molecular weight is 261 g/mol. The fourth-order valence-electron chi connectivity index (χ4n) is 1.66. The van der Waals surface area contributed by atoms with E-state index in [2.05, 4.69) is 0 Å². The van der Waals surface area contributed by atoms with Crippen molar-refractivity contribution >= 4 is 21.4 Å². The normalized spacial score (nSPS) is 13.8. The van der Waals surface area contributed by atoms with Crippen LogP contribution in [0.25, 0.3) is 0 Å². The molecule has 0 bridgehead atoms. The monoisotopic (exact) mass is 260 g/mol. The van der Waals surface area contributed by atoms with E-state index in [4.69, 9.17) is 11.6 Å². The largest absolute Gasteiger partial charge is 0.224 e. The highest BCUT2D eigenvalue weighted by molar-refractivity contribution is 7.91. The van der Waals surface area contributed by atoms with Crippen molar-refractivity contribution in [1.82, 2.24) is 0 Å². The quantitative estimate of drug-likeness (QED) is 0.780. The first-order valence-electron chi connectivity index (χ1n) is 5.23. The van der Waals surface area contributed by atoms with Crippen molar-refractivity contribution in [3.05, 3.63) is 29.3 Å². The Morgan fingerprint density at radius 3 is 2.44 bits per heavy atom. The highest BCUT2D eigenvalue weighted by Gasteiger charge is 2.19. The molecule has 0 aliphatic rings. The maximum atomic E-state index is 12.1. The molecule has 90 valence electrons. The molecule has 0 aliphatic heterocycles. The van der Waals surface area contributed by atoms with Crippen LogP contribution in [0.3, 0.4) is 0 Å². The zero-order valence-electron chi connectivity index (χ0n) is 9.83. The first-order valence-corrected chi connectivity index (χ1v) is 7.41. The fourth-order valence-corrected chi connectivity index (χ4v) is 3.77. The van der Waals surface area contributed by atoms with Gasteiger partial charge in [0, 0.05) is 5.88 Å². The van der Waals surface area contributed by atoms with E-state index < -0.39 is 9.84 Å². The van der Waals surface area contributed by atoms with Crippen molar-refractivity contribution in [1.29, 1.82) is 0 Å². The van der Waals surface area contributed by atoms with Gasteiger partial charge in [-0.3, -0.25) is 0 Å². The summed E-state index contributed by atoms with van der Waals surface area (Å²) >= 11 is 5.65. The third-order valence-corrected chi connectivity index (χ3v) is 5.10. The van der Waals surface area contributed by atoms with Gasteiger partial charge in [0.2, 0.25) is 0 Å². The Kier molecular flexibility index (Phi) is 4.39. The summed E-state index contributed by atoms with van der Waals surface area (Å²) in [5.41, 5.74) is 1.88. The number of sulfone groups is 1. The molecule has 0 N–H and O–H groups in total. The van der Waals surface area contributed by atoms with Gasteiger partial charge in [-0.25, -0.2) is 8.42 Å². The van der Waals surface area contributed by atoms with Gasteiger partial charge in [-0.2, -0.15) is 0 Å². The second-order valence-electron chi connectivity index (χ2n) is 4.31. The predicted molar refractivity (Wildman–Crippen MR) is 67.9 cm³/mol. The van der Waals surface area contributed by atoms with E-state index in [0.717, 1.165) is 11.1 Å². The van der Waals surface area contributed by atoms with Crippen LogP contribution in [0.5, 0.6) is 0 Å². The standard InChI is InChI=1S/C12H17ClO2S/c1-9-4-5-12(11(3)6-9)16(14,15)8-10(2)7-13/h4-6,10H,7-8H2,1-3H3. The lowest BCUT2D eigenvalue weighted by molar-refractivity contribution is 0.582. The summed E-state index contributed by atoms with van der Waals surface area (Å²) in [5, 5.41) is 0. The summed E-state index contributed by atoms with van der Waals surface area (Å²) in [7, 11) is -3.20. The number of benzene rings is 1. The minimum Gasteiger partial charge on any atom is -0.224 e. The van der Waals surface area contributed by atoms with Gasteiger partial charge in [-0.05, 0) is 31.4 Å². The molecule has 0 heterocycles. The van der Waals surface area contributed by atoms with E-state index in [0.29, 0.717) is 10.8 Å². The minimum atomic E-state index is -3.20. The van der Waals surface area contributed by atoms with Crippen molar-refractivity contribution in [3.8, 4) is 0 Å². The highest BCUT2D eigenvalue weighted by Crippen LogP contribution is 2.20. The number of hydrogen-bond acceptors (Lipinski definition) is 2. The zero-order chi connectivity index (χ0) is 12.3. The summed E-state index contributed by atoms with van der Waals surface area (Å²) in [4.78, 5) is 0.426. The third-order valence-electron chi connectivity index (χ3n) is 2.43. The summed E-state index contributed by atoms with van der Waals surface area (Å²) < 4.78 is 24.1. The summed E-state index contributed by atoms with van der Waals surface area (Å²) in [5.74, 6) is 0.456. The van der Waals surface area contributed by atoms with E-state index >= 15 is 0 Å². The highest BCUT2D eigenvalue weighted by atomic mass is 35.5. The van der Waals surface area contributed by atoms with Crippen LogP contribution in [0, 0.1) is 19.8 Å². The second kappa shape index (κ2) is 5.19. The Morgan fingerprint density at radius 2 is 1.94 bits per heavy atom. The number of hydrogen-bond donors (Lipinski definition) is 0. The number of halogens is 1. The molecule has 1 aromatic carbocycles. The second-order valence-corrected chi connectivity index (χ2v) is 6.62. The van der Waals surface area contributed by atoms with E-state index in [1.807, 2.05) is 32.9 Å². The van der Waals surface area contributed by atoms with Crippen LogP contribution in [-0.2, 0) is 9.84 Å². The Balaban J connectivity index is 3.08. The Labute approximate surface area is 103 Å². The number of alkyl halides is 1. The topological polar surface area (TPSA) is 34.1 Å². The molecule has 0 saturated heterocycles. The molecular weight excluding hydrogens is 244 g/mol. The lowest BCUT2D eigenvalue weighted by Gasteiger charge is -2.11. The van der Waals surface area contributed by atoms with Crippen molar-refractivity contribution in [2.24, 2.45) is 5.92 Å². The zero-order valence-corrected chi connectivity index (χ0v) is 11.4. The van der Waals surface area contributed by atoms with Gasteiger partial charge < -0.3 is 0 Å². The Bertz CT molecular complexity index is 466. The van der Waals surface area contributed by atoms with Crippen LogP contribution in [0.2, 0.25) is 0 Å². The molecule has 4 heteroatoms. The summed E-state index contributed by atoms with van der Waals surface area (Å²) in [6, 6.07) is 5.39. The maximum absolute atomic E-state index is 12.1. The first-order chi connectivity index (χ1) is 7.36. The lowest BCUT2D eigenvalue weighted by Crippen LogP contribution is -2.16. The van der Waals surface area contributed by atoms with Crippen LogP contribution in [0.1, 0.15) is 18.1 Å². The molecule has 1 atom stereocenters. The smallest absolute Gasteiger partial charge is 0.178 e. The van der Waals surface area contributed by atoms with Gasteiger partial charge in [0.1, 0.15) is 0 Å². The molecule has 16 heavy (non-hydrogen) atoms. The molecule has 1 rings (SSSR count). The molecule has 1 aromatic rings. The Morgan fingerprint density at radius 1 is 1.31 bits per heavy atom. The van der Waals surface area contributed by atoms with Crippen molar-refractivity contribution in [3.63, 3.8) is 0 Å². The van der Waals surface area contributed by atoms with Crippen molar-refractivity contribution < 1.29 is 8.42 Å². The van der Waals surface area contributed by atoms with Crippen LogP contribution in [-0.4, -0.2) is 20.1 Å². The molecule has 0 fully saturated rings. The maximum Gasteiger partial charge on any atom is 0.178 e. The molecule has 0 radical (unpaired) electrons.